The molecule has 6 heteroatoms. The van der Waals surface area contributed by atoms with E-state index in [1.807, 2.05) is 0 Å². The molecular formula is C30H53N5O. The summed E-state index contributed by atoms with van der Waals surface area (Å²) in [5.41, 5.74) is 1.35. The van der Waals surface area contributed by atoms with Gasteiger partial charge >= 0.3 is 0 Å². The van der Waals surface area contributed by atoms with Crippen molar-refractivity contribution in [2.75, 3.05) is 44.2 Å². The van der Waals surface area contributed by atoms with E-state index in [-0.39, 0.29) is 0 Å². The van der Waals surface area contributed by atoms with Gasteiger partial charge in [0.2, 0.25) is 5.95 Å². The van der Waals surface area contributed by atoms with Gasteiger partial charge in [0, 0.05) is 50.2 Å². The van der Waals surface area contributed by atoms with Crippen LogP contribution in [-0.4, -0.2) is 83.3 Å². The van der Waals surface area contributed by atoms with Crippen molar-refractivity contribution in [2.24, 2.45) is 0 Å². The number of piperazine rings is 1. The minimum atomic E-state index is 0.423. The summed E-state index contributed by atoms with van der Waals surface area (Å²) in [6, 6.07) is 1.81. The smallest absolute Gasteiger partial charge is 0.225 e. The van der Waals surface area contributed by atoms with E-state index in [4.69, 9.17) is 14.7 Å². The largest absolute Gasteiger partial charge is 0.379 e. The van der Waals surface area contributed by atoms with Crippen molar-refractivity contribution in [1.29, 1.82) is 0 Å². The fourth-order valence-corrected chi connectivity index (χ4v) is 6.40. The summed E-state index contributed by atoms with van der Waals surface area (Å²) in [4.78, 5) is 17.6. The second-order valence-corrected chi connectivity index (χ2v) is 12.0. The van der Waals surface area contributed by atoms with Gasteiger partial charge in [-0.15, -0.1) is 0 Å². The molecule has 3 saturated heterocycles. The molecule has 36 heavy (non-hydrogen) atoms. The summed E-state index contributed by atoms with van der Waals surface area (Å²) < 4.78 is 5.78. The number of likely N-dealkylation sites (tertiary alicyclic amines) is 2. The SMILES string of the molecule is CCC(C)OCCCCCCCCN1CCC(c2cnc(N3C4CCC3CN(C(C)C)C4)nc2)CC1. The first-order chi connectivity index (χ1) is 17.5. The standard InChI is InChI=1S/C30H53N5O/c1-5-25(4)36-19-11-9-7-6-8-10-16-33-17-14-26(15-18-33)27-20-31-30(32-21-27)35-28-12-13-29(35)23-34(22-28)24(2)3/h20-21,24-26,28-29H,5-19,22-23H2,1-4H3. The first-order valence-electron chi connectivity index (χ1n) is 15.2. The molecule has 6 nitrogen and oxygen atoms in total. The Morgan fingerprint density at radius 2 is 1.47 bits per heavy atom. The van der Waals surface area contributed by atoms with E-state index in [0.717, 1.165) is 32.1 Å². The molecule has 3 fully saturated rings. The third-order valence-corrected chi connectivity index (χ3v) is 9.03. The lowest BCUT2D eigenvalue weighted by molar-refractivity contribution is 0.0607. The van der Waals surface area contributed by atoms with Gasteiger partial charge in [0.15, 0.2) is 0 Å². The maximum absolute atomic E-state index is 5.78. The molecule has 0 N–H and O–H groups in total. The van der Waals surface area contributed by atoms with E-state index in [2.05, 4.69) is 54.8 Å². The number of anilines is 1. The molecule has 3 aliphatic rings. The summed E-state index contributed by atoms with van der Waals surface area (Å²) in [5, 5.41) is 0. The van der Waals surface area contributed by atoms with Gasteiger partial charge in [0.25, 0.3) is 0 Å². The number of hydrogen-bond acceptors (Lipinski definition) is 6. The zero-order chi connectivity index (χ0) is 25.3. The number of rotatable bonds is 14. The molecule has 0 saturated carbocycles. The summed E-state index contributed by atoms with van der Waals surface area (Å²) in [6.07, 6.45) is 18.9. The second-order valence-electron chi connectivity index (χ2n) is 12.0. The van der Waals surface area contributed by atoms with Crippen LogP contribution in [0.3, 0.4) is 0 Å². The first kappa shape index (κ1) is 27.8. The molecule has 0 aliphatic carbocycles. The molecule has 1 aromatic heterocycles. The molecule has 2 bridgehead atoms. The van der Waals surface area contributed by atoms with Crippen molar-refractivity contribution >= 4 is 5.95 Å². The predicted molar refractivity (Wildman–Crippen MR) is 150 cm³/mol. The van der Waals surface area contributed by atoms with Crippen molar-refractivity contribution in [1.82, 2.24) is 19.8 Å². The number of aromatic nitrogens is 2. The van der Waals surface area contributed by atoms with E-state index in [1.54, 1.807) is 0 Å². The summed E-state index contributed by atoms with van der Waals surface area (Å²) in [5.74, 6) is 1.59. The van der Waals surface area contributed by atoms with Gasteiger partial charge in [-0.3, -0.25) is 4.90 Å². The topological polar surface area (TPSA) is 44.7 Å². The van der Waals surface area contributed by atoms with Gasteiger partial charge in [-0.2, -0.15) is 0 Å². The van der Waals surface area contributed by atoms with Crippen molar-refractivity contribution < 1.29 is 4.74 Å². The van der Waals surface area contributed by atoms with Crippen molar-refractivity contribution in [3.05, 3.63) is 18.0 Å². The molecule has 0 radical (unpaired) electrons. The maximum Gasteiger partial charge on any atom is 0.225 e. The molecule has 3 unspecified atom stereocenters. The predicted octanol–water partition coefficient (Wildman–Crippen LogP) is 5.87. The molecule has 4 heterocycles. The lowest BCUT2D eigenvalue weighted by Gasteiger charge is -2.42. The van der Waals surface area contributed by atoms with Crippen LogP contribution in [0.1, 0.15) is 110 Å². The van der Waals surface area contributed by atoms with Gasteiger partial charge in [-0.05, 0) is 96.8 Å². The van der Waals surface area contributed by atoms with Crippen LogP contribution in [0, 0.1) is 0 Å². The van der Waals surface area contributed by atoms with E-state index >= 15 is 0 Å². The summed E-state index contributed by atoms with van der Waals surface area (Å²) in [6.45, 7) is 16.0. The van der Waals surface area contributed by atoms with Gasteiger partial charge in [-0.1, -0.05) is 32.6 Å². The minimum Gasteiger partial charge on any atom is -0.379 e. The van der Waals surface area contributed by atoms with E-state index in [9.17, 15) is 0 Å². The van der Waals surface area contributed by atoms with Crippen molar-refractivity contribution in [3.8, 4) is 0 Å². The fraction of sp³-hybridized carbons (Fsp3) is 0.867. The van der Waals surface area contributed by atoms with Gasteiger partial charge in [0.05, 0.1) is 6.10 Å². The fourth-order valence-electron chi connectivity index (χ4n) is 6.40. The number of piperidine rings is 1. The molecule has 0 aromatic carbocycles. The van der Waals surface area contributed by atoms with Crippen LogP contribution in [-0.2, 0) is 4.74 Å². The Labute approximate surface area is 221 Å². The second kappa shape index (κ2) is 14.1. The van der Waals surface area contributed by atoms with E-state index in [1.165, 1.54) is 89.4 Å². The molecule has 3 aliphatic heterocycles. The Morgan fingerprint density at radius 1 is 0.861 bits per heavy atom. The van der Waals surface area contributed by atoms with Crippen LogP contribution in [0.4, 0.5) is 5.95 Å². The lowest BCUT2D eigenvalue weighted by Crippen LogP contribution is -2.56. The number of hydrogen-bond donors (Lipinski definition) is 0. The number of ether oxygens (including phenoxy) is 1. The van der Waals surface area contributed by atoms with Crippen molar-refractivity contribution in [3.63, 3.8) is 0 Å². The zero-order valence-corrected chi connectivity index (χ0v) is 23.7. The number of unbranched alkanes of at least 4 members (excludes halogenated alkanes) is 5. The van der Waals surface area contributed by atoms with Crippen LogP contribution in [0.15, 0.2) is 12.4 Å². The highest BCUT2D eigenvalue weighted by molar-refractivity contribution is 5.38. The summed E-state index contributed by atoms with van der Waals surface area (Å²) >= 11 is 0. The molecule has 0 amide bonds. The van der Waals surface area contributed by atoms with Crippen LogP contribution < -0.4 is 4.90 Å². The van der Waals surface area contributed by atoms with Crippen LogP contribution in [0.2, 0.25) is 0 Å². The average Bonchev–Trinajstić information content (AvgIpc) is 3.16. The van der Waals surface area contributed by atoms with Crippen LogP contribution >= 0.6 is 0 Å². The number of nitrogens with zero attached hydrogens (tertiary/aromatic N) is 5. The highest BCUT2D eigenvalue weighted by Crippen LogP contribution is 2.34. The van der Waals surface area contributed by atoms with Crippen molar-refractivity contribution in [2.45, 2.75) is 128 Å². The van der Waals surface area contributed by atoms with Crippen LogP contribution in [0.25, 0.3) is 0 Å². The van der Waals surface area contributed by atoms with E-state index < -0.39 is 0 Å². The average molecular weight is 500 g/mol. The monoisotopic (exact) mass is 499 g/mol. The number of fused-ring (bicyclic) bond motifs is 2. The quantitative estimate of drug-likeness (QED) is 0.298. The summed E-state index contributed by atoms with van der Waals surface area (Å²) in [7, 11) is 0. The van der Waals surface area contributed by atoms with E-state index in [0.29, 0.717) is 30.1 Å². The Kier molecular flexibility index (Phi) is 10.9. The third-order valence-electron chi connectivity index (χ3n) is 9.03. The maximum atomic E-state index is 5.78. The molecule has 204 valence electrons. The van der Waals surface area contributed by atoms with Crippen LogP contribution in [0.5, 0.6) is 0 Å². The highest BCUT2D eigenvalue weighted by atomic mass is 16.5. The van der Waals surface area contributed by atoms with Gasteiger partial charge in [-0.25, -0.2) is 9.97 Å². The molecule has 1 aromatic rings. The third kappa shape index (κ3) is 7.64. The minimum absolute atomic E-state index is 0.423. The van der Waals surface area contributed by atoms with Gasteiger partial charge in [0.1, 0.15) is 0 Å². The first-order valence-corrected chi connectivity index (χ1v) is 15.2. The molecule has 4 rings (SSSR count). The zero-order valence-electron chi connectivity index (χ0n) is 23.7. The Balaban J connectivity index is 1.10. The highest BCUT2D eigenvalue weighted by Gasteiger charge is 2.41. The normalized spacial score (nSPS) is 24.6. The Bertz CT molecular complexity index is 734. The van der Waals surface area contributed by atoms with Gasteiger partial charge < -0.3 is 14.5 Å². The molecular weight excluding hydrogens is 446 g/mol. The lowest BCUT2D eigenvalue weighted by atomic mass is 9.91. The Hall–Kier alpha value is -1.24. The molecule has 0 spiro atoms. The Morgan fingerprint density at radius 3 is 2.08 bits per heavy atom. The molecule has 3 atom stereocenters.